The smallest absolute Gasteiger partial charge is 0.426 e. The molecular formula is C15H12NO2. The van der Waals surface area contributed by atoms with Crippen molar-refractivity contribution in [1.29, 1.82) is 0 Å². The van der Waals surface area contributed by atoms with Crippen LogP contribution < -0.4 is 5.73 Å². The number of ether oxygens (including phenoxy) is 1. The van der Waals surface area contributed by atoms with Crippen molar-refractivity contribution in [2.45, 2.75) is 5.92 Å². The minimum absolute atomic E-state index is 0.0479. The van der Waals surface area contributed by atoms with Gasteiger partial charge in [0.2, 0.25) is 0 Å². The van der Waals surface area contributed by atoms with Crippen LogP contribution in [0.2, 0.25) is 0 Å². The van der Waals surface area contributed by atoms with Crippen LogP contribution in [0.5, 0.6) is 0 Å². The molecule has 0 unspecified atom stereocenters. The third-order valence-electron chi connectivity index (χ3n) is 3.34. The first-order chi connectivity index (χ1) is 8.77. The molecule has 0 heterocycles. The molecule has 3 heteroatoms. The predicted molar refractivity (Wildman–Crippen MR) is 68.2 cm³/mol. The normalized spacial score (nSPS) is 12.9. The molecule has 1 aliphatic rings. The van der Waals surface area contributed by atoms with Crippen LogP contribution in [0.1, 0.15) is 17.0 Å². The number of hydrogen-bond donors (Lipinski definition) is 0. The van der Waals surface area contributed by atoms with Gasteiger partial charge in [-0.1, -0.05) is 48.5 Å². The number of benzene rings is 2. The van der Waals surface area contributed by atoms with Crippen LogP contribution >= 0.6 is 0 Å². The number of carbonyl (C=O) groups excluding carboxylic acids is 1. The molecule has 2 aromatic carbocycles. The number of carbonyl (C=O) groups is 1. The maximum atomic E-state index is 10.7. The lowest BCUT2D eigenvalue weighted by atomic mass is 9.98. The molecule has 1 N–H and O–H groups in total. The van der Waals surface area contributed by atoms with Crippen molar-refractivity contribution in [3.05, 3.63) is 59.7 Å². The highest BCUT2D eigenvalue weighted by atomic mass is 16.5. The van der Waals surface area contributed by atoms with Crippen LogP contribution in [-0.4, -0.2) is 12.7 Å². The van der Waals surface area contributed by atoms with Crippen LogP contribution in [0.25, 0.3) is 11.1 Å². The zero-order chi connectivity index (χ0) is 12.5. The highest BCUT2D eigenvalue weighted by molar-refractivity contribution is 5.79. The number of rotatable bonds is 2. The van der Waals surface area contributed by atoms with Gasteiger partial charge >= 0.3 is 6.09 Å². The average molecular weight is 238 g/mol. The van der Waals surface area contributed by atoms with Crippen LogP contribution in [0, 0.1) is 0 Å². The quantitative estimate of drug-likeness (QED) is 0.806. The summed E-state index contributed by atoms with van der Waals surface area (Å²) in [7, 11) is 0. The summed E-state index contributed by atoms with van der Waals surface area (Å²) in [5.74, 6) is 0.0479. The molecule has 3 rings (SSSR count). The van der Waals surface area contributed by atoms with Gasteiger partial charge in [-0.2, -0.15) is 0 Å². The fourth-order valence-corrected chi connectivity index (χ4v) is 2.60. The second kappa shape index (κ2) is 4.18. The van der Waals surface area contributed by atoms with Gasteiger partial charge in [-0.3, -0.25) is 0 Å². The highest BCUT2D eigenvalue weighted by Crippen LogP contribution is 2.44. The molecule has 0 bridgehead atoms. The van der Waals surface area contributed by atoms with E-state index in [4.69, 9.17) is 10.5 Å². The van der Waals surface area contributed by atoms with E-state index in [1.165, 1.54) is 22.3 Å². The first kappa shape index (κ1) is 10.8. The zero-order valence-electron chi connectivity index (χ0n) is 9.72. The molecule has 0 fully saturated rings. The van der Waals surface area contributed by atoms with E-state index in [1.54, 1.807) is 0 Å². The molecule has 1 radical (unpaired) electrons. The number of fused-ring (bicyclic) bond motifs is 3. The van der Waals surface area contributed by atoms with E-state index in [-0.39, 0.29) is 12.5 Å². The van der Waals surface area contributed by atoms with Crippen molar-refractivity contribution >= 4 is 6.09 Å². The SMILES string of the molecule is [NH]C(=O)OCC1c2ccccc2-c2ccccc21. The van der Waals surface area contributed by atoms with Gasteiger partial charge in [0.1, 0.15) is 6.61 Å². The Balaban J connectivity index is 2.06. The average Bonchev–Trinajstić information content (AvgIpc) is 2.71. The summed E-state index contributed by atoms with van der Waals surface area (Å²) >= 11 is 0. The van der Waals surface area contributed by atoms with E-state index in [1.807, 2.05) is 24.3 Å². The van der Waals surface area contributed by atoms with Crippen LogP contribution in [0.4, 0.5) is 4.79 Å². The summed E-state index contributed by atoms with van der Waals surface area (Å²) in [6, 6.07) is 16.3. The largest absolute Gasteiger partial charge is 0.447 e. The van der Waals surface area contributed by atoms with Gasteiger partial charge < -0.3 is 4.74 Å². The summed E-state index contributed by atoms with van der Waals surface area (Å²) < 4.78 is 4.87. The first-order valence-corrected chi connectivity index (χ1v) is 5.84. The summed E-state index contributed by atoms with van der Waals surface area (Å²) in [4.78, 5) is 10.7. The Labute approximate surface area is 105 Å². The molecule has 0 saturated carbocycles. The van der Waals surface area contributed by atoms with E-state index in [0.717, 1.165) is 0 Å². The fourth-order valence-electron chi connectivity index (χ4n) is 2.60. The summed E-state index contributed by atoms with van der Waals surface area (Å²) in [5, 5.41) is 0. The van der Waals surface area contributed by atoms with E-state index in [0.29, 0.717) is 0 Å². The van der Waals surface area contributed by atoms with Gasteiger partial charge in [0.15, 0.2) is 0 Å². The fraction of sp³-hybridized carbons (Fsp3) is 0.133. The predicted octanol–water partition coefficient (Wildman–Crippen LogP) is 3.22. The molecule has 0 aromatic heterocycles. The van der Waals surface area contributed by atoms with Crippen molar-refractivity contribution in [2.24, 2.45) is 0 Å². The second-order valence-corrected chi connectivity index (χ2v) is 4.33. The molecule has 18 heavy (non-hydrogen) atoms. The van der Waals surface area contributed by atoms with E-state index in [2.05, 4.69) is 24.3 Å². The van der Waals surface area contributed by atoms with Crippen molar-refractivity contribution in [3.8, 4) is 11.1 Å². The van der Waals surface area contributed by atoms with Gasteiger partial charge in [0.05, 0.1) is 0 Å². The van der Waals surface area contributed by atoms with Crippen LogP contribution in [0.3, 0.4) is 0 Å². The second-order valence-electron chi connectivity index (χ2n) is 4.33. The molecule has 0 spiro atoms. The topological polar surface area (TPSA) is 50.1 Å². The van der Waals surface area contributed by atoms with Crippen LogP contribution in [0.15, 0.2) is 48.5 Å². The standard InChI is InChI=1S/C15H12NO2/c16-15(17)18-9-14-12-7-3-1-5-10(12)11-6-2-4-8-13(11)14/h1-8,14,16H,9H2. The lowest BCUT2D eigenvalue weighted by molar-refractivity contribution is 0.151. The summed E-state index contributed by atoms with van der Waals surface area (Å²) in [6.07, 6.45) is -0.975. The molecular weight excluding hydrogens is 226 g/mol. The molecule has 3 nitrogen and oxygen atoms in total. The minimum Gasteiger partial charge on any atom is -0.447 e. The maximum Gasteiger partial charge on any atom is 0.426 e. The third-order valence-corrected chi connectivity index (χ3v) is 3.34. The van der Waals surface area contributed by atoms with Crippen molar-refractivity contribution in [3.63, 3.8) is 0 Å². The monoisotopic (exact) mass is 238 g/mol. The lowest BCUT2D eigenvalue weighted by Crippen LogP contribution is -2.11. The Morgan fingerprint density at radius 3 is 2.00 bits per heavy atom. The molecule has 2 aromatic rings. The molecule has 1 amide bonds. The lowest BCUT2D eigenvalue weighted by Gasteiger charge is -2.12. The van der Waals surface area contributed by atoms with Gasteiger partial charge in [-0.15, -0.1) is 0 Å². The van der Waals surface area contributed by atoms with E-state index in [9.17, 15) is 4.79 Å². The van der Waals surface area contributed by atoms with Crippen molar-refractivity contribution in [1.82, 2.24) is 5.73 Å². The number of hydrogen-bond acceptors (Lipinski definition) is 2. The maximum absolute atomic E-state index is 10.7. The van der Waals surface area contributed by atoms with Crippen molar-refractivity contribution in [2.75, 3.05) is 6.61 Å². The molecule has 89 valence electrons. The summed E-state index contributed by atoms with van der Waals surface area (Å²) in [6.45, 7) is 0.232. The Morgan fingerprint density at radius 1 is 1.00 bits per heavy atom. The summed E-state index contributed by atoms with van der Waals surface area (Å²) in [5.41, 5.74) is 11.6. The number of amides is 1. The Kier molecular flexibility index (Phi) is 2.52. The Hall–Kier alpha value is -2.29. The van der Waals surface area contributed by atoms with Gasteiger partial charge in [-0.05, 0) is 22.3 Å². The molecule has 0 aliphatic heterocycles. The van der Waals surface area contributed by atoms with Crippen LogP contribution in [-0.2, 0) is 4.74 Å². The first-order valence-electron chi connectivity index (χ1n) is 5.84. The minimum atomic E-state index is -0.975. The van der Waals surface area contributed by atoms with Gasteiger partial charge in [-0.25, -0.2) is 10.5 Å². The van der Waals surface area contributed by atoms with Crippen molar-refractivity contribution < 1.29 is 9.53 Å². The molecule has 0 atom stereocenters. The van der Waals surface area contributed by atoms with Gasteiger partial charge in [0, 0.05) is 5.92 Å². The Morgan fingerprint density at radius 2 is 1.50 bits per heavy atom. The zero-order valence-corrected chi connectivity index (χ0v) is 9.72. The molecule has 0 saturated heterocycles. The van der Waals surface area contributed by atoms with E-state index >= 15 is 0 Å². The number of nitrogens with one attached hydrogen (secondary N) is 1. The molecule has 1 aliphatic carbocycles. The highest BCUT2D eigenvalue weighted by Gasteiger charge is 2.28. The van der Waals surface area contributed by atoms with Gasteiger partial charge in [0.25, 0.3) is 0 Å². The van der Waals surface area contributed by atoms with E-state index < -0.39 is 6.09 Å². The third kappa shape index (κ3) is 1.64. The Bertz CT molecular complexity index is 561.